The molecule has 182 valence electrons. The summed E-state index contributed by atoms with van der Waals surface area (Å²) in [7, 11) is 0. The summed E-state index contributed by atoms with van der Waals surface area (Å²) in [6, 6.07) is 0. The van der Waals surface area contributed by atoms with E-state index in [-0.39, 0.29) is 6.92 Å². The third kappa shape index (κ3) is 3.24. The summed E-state index contributed by atoms with van der Waals surface area (Å²) >= 11 is 0. The molecule has 0 rings (SSSR count). The van der Waals surface area contributed by atoms with E-state index >= 15 is 0 Å². The number of alkyl halides is 19. The molecule has 0 saturated heterocycles. The van der Waals surface area contributed by atoms with Crippen molar-refractivity contribution in [2.45, 2.75) is 66.9 Å². The first kappa shape index (κ1) is 28.7. The van der Waals surface area contributed by atoms with Gasteiger partial charge in [0, 0.05) is 6.42 Å². The van der Waals surface area contributed by atoms with Crippen molar-refractivity contribution in [3.8, 4) is 0 Å². The fraction of sp³-hybridized carbons (Fsp3) is 1.00. The predicted molar refractivity (Wildman–Crippen MR) is 55.9 cm³/mol. The van der Waals surface area contributed by atoms with Crippen molar-refractivity contribution in [2.24, 2.45) is 0 Å². The van der Waals surface area contributed by atoms with Gasteiger partial charge in [-0.25, -0.2) is 4.39 Å². The van der Waals surface area contributed by atoms with Crippen LogP contribution in [0.2, 0.25) is 0 Å². The lowest BCUT2D eigenvalue weighted by atomic mass is 9.79. The lowest BCUT2D eigenvalue weighted by Crippen LogP contribution is -2.79. The fourth-order valence-corrected chi connectivity index (χ4v) is 1.82. The van der Waals surface area contributed by atoms with Gasteiger partial charge in [0.1, 0.15) is 0 Å². The minimum atomic E-state index is -9.00. The molecule has 0 aliphatic heterocycles. The molecule has 1 atom stereocenters. The van der Waals surface area contributed by atoms with Gasteiger partial charge < -0.3 is 0 Å². The van der Waals surface area contributed by atoms with Gasteiger partial charge in [0.05, 0.1) is 0 Å². The Balaban J connectivity index is 7.27. The van der Waals surface area contributed by atoms with Gasteiger partial charge in [-0.1, -0.05) is 6.92 Å². The smallest absolute Gasteiger partial charge is 0.219 e. The molecular formula is C11H5F19. The molecule has 0 aliphatic carbocycles. The maximum atomic E-state index is 13.8. The van der Waals surface area contributed by atoms with Gasteiger partial charge in [0.15, 0.2) is 0 Å². The number of halogens is 19. The van der Waals surface area contributed by atoms with E-state index in [4.69, 9.17) is 0 Å². The summed E-state index contributed by atoms with van der Waals surface area (Å²) in [5.74, 6) is -49.8. The van der Waals surface area contributed by atoms with Gasteiger partial charge in [-0.15, -0.1) is 0 Å². The van der Waals surface area contributed by atoms with Crippen LogP contribution in [-0.2, 0) is 0 Å². The lowest BCUT2D eigenvalue weighted by Gasteiger charge is -2.46. The molecule has 1 unspecified atom stereocenters. The van der Waals surface area contributed by atoms with Gasteiger partial charge in [0.2, 0.25) is 0 Å². The van der Waals surface area contributed by atoms with Gasteiger partial charge in [0.25, 0.3) is 0 Å². The zero-order valence-corrected chi connectivity index (χ0v) is 13.4. The highest BCUT2D eigenvalue weighted by atomic mass is 19.4. The molecule has 0 aromatic heterocycles. The molecule has 0 spiro atoms. The number of rotatable bonds is 7. The second kappa shape index (κ2) is 6.83. The summed E-state index contributed by atoms with van der Waals surface area (Å²) in [4.78, 5) is 0. The first-order chi connectivity index (χ1) is 12.6. The molecule has 0 bridgehead atoms. The molecule has 0 saturated carbocycles. The third-order valence-electron chi connectivity index (χ3n) is 3.70. The van der Waals surface area contributed by atoms with Crippen LogP contribution in [0.3, 0.4) is 0 Å². The summed E-state index contributed by atoms with van der Waals surface area (Å²) in [6.07, 6.45) is -19.0. The van der Waals surface area contributed by atoms with Gasteiger partial charge in [-0.3, -0.25) is 0 Å². The minimum absolute atomic E-state index is 0.243. The molecule has 0 aromatic carbocycles. The van der Waals surface area contributed by atoms with E-state index in [1.54, 1.807) is 0 Å². The van der Waals surface area contributed by atoms with Crippen LogP contribution < -0.4 is 0 Å². The van der Waals surface area contributed by atoms with E-state index in [9.17, 15) is 83.4 Å². The second-order valence-corrected chi connectivity index (χ2v) is 5.58. The standard InChI is InChI=1S/C11H5F19/c1-2-3(12,13)5(15,16)4(14,10(25,26)27)6(17,18)7(19,20)8(21,22)9(23,24)11(28,29)30/h2H2,1H3. The van der Waals surface area contributed by atoms with Crippen LogP contribution in [0.1, 0.15) is 13.3 Å². The minimum Gasteiger partial charge on any atom is -0.219 e. The summed E-state index contributed by atoms with van der Waals surface area (Å²) < 4.78 is 244. The molecule has 0 amide bonds. The lowest BCUT2D eigenvalue weighted by molar-refractivity contribution is -0.472. The van der Waals surface area contributed by atoms with Gasteiger partial charge in [-0.05, 0) is 0 Å². The largest absolute Gasteiger partial charge is 0.460 e. The highest BCUT2D eigenvalue weighted by Gasteiger charge is 2.98. The van der Waals surface area contributed by atoms with Crippen LogP contribution in [-0.4, -0.2) is 53.6 Å². The average molecular weight is 498 g/mol. The third-order valence-corrected chi connectivity index (χ3v) is 3.70. The van der Waals surface area contributed by atoms with Crippen molar-refractivity contribution in [2.75, 3.05) is 0 Å². The molecule has 0 aliphatic rings. The Morgan fingerprint density at radius 2 is 0.667 bits per heavy atom. The molecule has 19 heteroatoms. The van der Waals surface area contributed by atoms with Crippen molar-refractivity contribution in [3.05, 3.63) is 0 Å². The van der Waals surface area contributed by atoms with Crippen LogP contribution in [0, 0.1) is 0 Å². The first-order valence-electron chi connectivity index (χ1n) is 6.65. The topological polar surface area (TPSA) is 0 Å². The Hall–Kier alpha value is -1.33. The van der Waals surface area contributed by atoms with Crippen LogP contribution in [0.4, 0.5) is 83.4 Å². The second-order valence-electron chi connectivity index (χ2n) is 5.58. The summed E-state index contributed by atoms with van der Waals surface area (Å²) in [6.45, 7) is -0.243. The van der Waals surface area contributed by atoms with E-state index < -0.39 is 60.0 Å². The van der Waals surface area contributed by atoms with Crippen molar-refractivity contribution in [1.29, 1.82) is 0 Å². The maximum absolute atomic E-state index is 13.8. The van der Waals surface area contributed by atoms with E-state index in [0.717, 1.165) is 0 Å². The fourth-order valence-electron chi connectivity index (χ4n) is 1.82. The van der Waals surface area contributed by atoms with Crippen molar-refractivity contribution in [3.63, 3.8) is 0 Å². The molecular weight excluding hydrogens is 493 g/mol. The predicted octanol–water partition coefficient (Wildman–Crippen LogP) is 7.04. The van der Waals surface area contributed by atoms with Crippen LogP contribution in [0.25, 0.3) is 0 Å². The molecule has 0 nitrogen and oxygen atoms in total. The van der Waals surface area contributed by atoms with E-state index in [0.29, 0.717) is 0 Å². The van der Waals surface area contributed by atoms with E-state index in [1.807, 2.05) is 0 Å². The quantitative estimate of drug-likeness (QED) is 0.331. The van der Waals surface area contributed by atoms with E-state index in [1.165, 1.54) is 0 Å². The highest BCUT2D eigenvalue weighted by Crippen LogP contribution is 2.67. The Bertz CT molecular complexity index is 621. The highest BCUT2D eigenvalue weighted by molar-refractivity contribution is 5.21. The molecule has 0 fully saturated rings. The van der Waals surface area contributed by atoms with E-state index in [2.05, 4.69) is 0 Å². The molecule has 30 heavy (non-hydrogen) atoms. The van der Waals surface area contributed by atoms with Gasteiger partial charge in [-0.2, -0.15) is 79.0 Å². The molecule has 0 aromatic rings. The Morgan fingerprint density at radius 3 is 0.900 bits per heavy atom. The number of hydrogen-bond donors (Lipinski definition) is 0. The molecule has 0 N–H and O–H groups in total. The summed E-state index contributed by atoms with van der Waals surface area (Å²) in [5, 5.41) is 0. The Kier molecular flexibility index (Phi) is 6.53. The molecule has 0 heterocycles. The number of hydrogen-bond acceptors (Lipinski definition) is 0. The Morgan fingerprint density at radius 1 is 0.367 bits per heavy atom. The van der Waals surface area contributed by atoms with Crippen LogP contribution in [0.15, 0.2) is 0 Å². The van der Waals surface area contributed by atoms with Gasteiger partial charge >= 0.3 is 53.6 Å². The normalized spacial score (nSPS) is 18.4. The Labute approximate surface area is 152 Å². The zero-order chi connectivity index (χ0) is 25.2. The van der Waals surface area contributed by atoms with Crippen molar-refractivity contribution in [1.82, 2.24) is 0 Å². The first-order valence-corrected chi connectivity index (χ1v) is 6.65. The zero-order valence-electron chi connectivity index (χ0n) is 13.4. The van der Waals surface area contributed by atoms with Crippen molar-refractivity contribution < 1.29 is 83.4 Å². The SMILES string of the molecule is CCC(F)(F)C(F)(F)C(F)(C(F)(F)F)C(F)(F)C(F)(F)C(F)(F)C(F)(F)C(F)(F)F. The molecule has 0 radical (unpaired) electrons. The average Bonchev–Trinajstić information content (AvgIpc) is 2.50. The van der Waals surface area contributed by atoms with Crippen LogP contribution >= 0.6 is 0 Å². The maximum Gasteiger partial charge on any atom is 0.460 e. The monoisotopic (exact) mass is 498 g/mol. The van der Waals surface area contributed by atoms with Crippen LogP contribution in [0.5, 0.6) is 0 Å². The van der Waals surface area contributed by atoms with Crippen molar-refractivity contribution >= 4 is 0 Å². The summed E-state index contributed by atoms with van der Waals surface area (Å²) in [5.41, 5.74) is -8.75.